The number of benzene rings is 1. The molecular weight excluding hydrogens is 508 g/mol. The molecule has 0 radical (unpaired) electrons. The minimum atomic E-state index is -0.833. The average Bonchev–Trinajstić information content (AvgIpc) is 3.28. The second-order valence-corrected chi connectivity index (χ2v) is 7.11. The Bertz CT molecular complexity index is 1080. The van der Waals surface area contributed by atoms with Crippen LogP contribution < -0.4 is 4.74 Å². The van der Waals surface area contributed by atoms with Gasteiger partial charge in [0.15, 0.2) is 10.8 Å². The monoisotopic (exact) mass is 540 g/mol. The van der Waals surface area contributed by atoms with Crippen molar-refractivity contribution in [1.82, 2.24) is 19.5 Å². The number of esters is 1. The standard InChI is InChI=1S/C19H21ClN4O4.C2H4O2.C2H6.CH2O2/c1-13(25)27-11-15(26-2)8-9-24-12-21-16-17(20)22-19(23-18(16)24)28-10-14-6-4-3-5-7-14;1-2(3)4;1-2;2-1-3/h3-7,12,15H,8-11H2,1-2H3;1H3,(H,3,4);1-2H3;1H,(H,2,3). The van der Waals surface area contributed by atoms with Gasteiger partial charge in [-0.1, -0.05) is 55.8 Å². The number of methoxy groups -OCH3 is 1. The third kappa shape index (κ3) is 13.8. The summed E-state index contributed by atoms with van der Waals surface area (Å²) >= 11 is 6.24. The number of carboxylic acid groups (broad SMARTS) is 2. The Kier molecular flexibility index (Phi) is 17.4. The Morgan fingerprint density at radius 2 is 1.76 bits per heavy atom. The second-order valence-electron chi connectivity index (χ2n) is 6.75. The van der Waals surface area contributed by atoms with Crippen LogP contribution in [-0.2, 0) is 37.0 Å². The summed E-state index contributed by atoms with van der Waals surface area (Å²) in [5.41, 5.74) is 2.08. The predicted molar refractivity (Wildman–Crippen MR) is 137 cm³/mol. The smallest absolute Gasteiger partial charge is 0.320 e. The fourth-order valence-corrected chi connectivity index (χ4v) is 2.81. The molecule has 1 unspecified atom stereocenters. The molecule has 1 aromatic carbocycles. The maximum Gasteiger partial charge on any atom is 0.320 e. The number of carbonyl (C=O) groups is 3. The number of rotatable bonds is 9. The van der Waals surface area contributed by atoms with Gasteiger partial charge in [-0.3, -0.25) is 14.4 Å². The van der Waals surface area contributed by atoms with E-state index in [0.29, 0.717) is 30.7 Å². The van der Waals surface area contributed by atoms with Crippen molar-refractivity contribution in [2.75, 3.05) is 13.7 Å². The molecular formula is C24H33ClN4O8. The first-order valence-corrected chi connectivity index (χ1v) is 11.6. The van der Waals surface area contributed by atoms with E-state index in [4.69, 9.17) is 45.6 Å². The second kappa shape index (κ2) is 19.4. The first-order valence-electron chi connectivity index (χ1n) is 11.2. The molecule has 0 spiro atoms. The molecule has 13 heteroatoms. The molecule has 0 aliphatic carbocycles. The van der Waals surface area contributed by atoms with Gasteiger partial charge in [0.1, 0.15) is 18.7 Å². The summed E-state index contributed by atoms with van der Waals surface area (Å²) < 4.78 is 17.9. The van der Waals surface area contributed by atoms with Gasteiger partial charge in [-0.25, -0.2) is 4.98 Å². The molecule has 37 heavy (non-hydrogen) atoms. The fraction of sp³-hybridized carbons (Fsp3) is 0.417. The van der Waals surface area contributed by atoms with Gasteiger partial charge >= 0.3 is 12.0 Å². The number of imidazole rings is 1. The average molecular weight is 541 g/mol. The molecule has 2 heterocycles. The van der Waals surface area contributed by atoms with Crippen LogP contribution in [0.15, 0.2) is 36.7 Å². The first-order chi connectivity index (χ1) is 17.7. The summed E-state index contributed by atoms with van der Waals surface area (Å²) in [6.07, 6.45) is 2.02. The first kappa shape index (κ1) is 33.2. The number of halogens is 1. The summed E-state index contributed by atoms with van der Waals surface area (Å²) in [7, 11) is 1.58. The van der Waals surface area contributed by atoms with Gasteiger partial charge in [0, 0.05) is 27.5 Å². The van der Waals surface area contributed by atoms with Crippen LogP contribution >= 0.6 is 11.6 Å². The van der Waals surface area contributed by atoms with Crippen molar-refractivity contribution in [1.29, 1.82) is 0 Å². The van der Waals surface area contributed by atoms with E-state index in [0.717, 1.165) is 12.5 Å². The van der Waals surface area contributed by atoms with E-state index in [1.807, 2.05) is 48.7 Å². The molecule has 3 aromatic rings. The minimum absolute atomic E-state index is 0.186. The van der Waals surface area contributed by atoms with Crippen LogP contribution in [0.5, 0.6) is 6.01 Å². The highest BCUT2D eigenvalue weighted by atomic mass is 35.5. The summed E-state index contributed by atoms with van der Waals surface area (Å²) in [4.78, 5) is 41.2. The Balaban J connectivity index is 0.00000126. The number of aryl methyl sites for hydroxylation is 1. The number of carboxylic acids is 1. The SMILES string of the molecule is CC.CC(=O)O.COC(CCn1cnc2c(Cl)nc(OCc3ccccc3)nc21)COC(C)=O.O=CO. The topological polar surface area (TPSA) is 163 Å². The third-order valence-electron chi connectivity index (χ3n) is 4.11. The van der Waals surface area contributed by atoms with Crippen molar-refractivity contribution in [2.45, 2.75) is 53.4 Å². The normalized spacial score (nSPS) is 10.3. The Labute approximate surface area is 220 Å². The summed E-state index contributed by atoms with van der Waals surface area (Å²) in [5.74, 6) is -1.17. The lowest BCUT2D eigenvalue weighted by Crippen LogP contribution is -2.21. The van der Waals surface area contributed by atoms with Crippen molar-refractivity contribution in [3.63, 3.8) is 0 Å². The van der Waals surface area contributed by atoms with Gasteiger partial charge in [0.25, 0.3) is 12.4 Å². The van der Waals surface area contributed by atoms with Crippen LogP contribution in [0.2, 0.25) is 5.15 Å². The Hall–Kier alpha value is -3.77. The summed E-state index contributed by atoms with van der Waals surface area (Å²) in [6.45, 7) is 7.29. The maximum atomic E-state index is 11.0. The highest BCUT2D eigenvalue weighted by Gasteiger charge is 2.15. The zero-order chi connectivity index (χ0) is 28.2. The van der Waals surface area contributed by atoms with Crippen LogP contribution in [0.1, 0.15) is 39.7 Å². The van der Waals surface area contributed by atoms with E-state index in [9.17, 15) is 4.79 Å². The van der Waals surface area contributed by atoms with E-state index in [1.54, 1.807) is 13.4 Å². The lowest BCUT2D eigenvalue weighted by molar-refractivity contribution is -0.144. The Morgan fingerprint density at radius 3 is 2.30 bits per heavy atom. The molecule has 0 bridgehead atoms. The number of hydrogen-bond donors (Lipinski definition) is 2. The van der Waals surface area contributed by atoms with Gasteiger partial charge in [-0.15, -0.1) is 0 Å². The predicted octanol–water partition coefficient (Wildman–Crippen LogP) is 3.84. The van der Waals surface area contributed by atoms with Crippen LogP contribution in [0.3, 0.4) is 0 Å². The molecule has 0 amide bonds. The van der Waals surface area contributed by atoms with Gasteiger partial charge in [-0.05, 0) is 12.0 Å². The van der Waals surface area contributed by atoms with Crippen molar-refractivity contribution >= 4 is 41.2 Å². The molecule has 0 aliphatic heterocycles. The molecule has 2 aromatic heterocycles. The Morgan fingerprint density at radius 1 is 1.16 bits per heavy atom. The molecule has 12 nitrogen and oxygen atoms in total. The highest BCUT2D eigenvalue weighted by molar-refractivity contribution is 6.33. The lowest BCUT2D eigenvalue weighted by Gasteiger charge is -2.15. The molecule has 1 atom stereocenters. The molecule has 0 fully saturated rings. The molecule has 0 saturated heterocycles. The van der Waals surface area contributed by atoms with Crippen molar-refractivity contribution in [2.24, 2.45) is 0 Å². The van der Waals surface area contributed by atoms with Gasteiger partial charge < -0.3 is 29.0 Å². The van der Waals surface area contributed by atoms with E-state index in [2.05, 4.69) is 15.0 Å². The van der Waals surface area contributed by atoms with Crippen LogP contribution in [-0.4, -0.2) is 68.0 Å². The zero-order valence-corrected chi connectivity index (χ0v) is 22.2. The van der Waals surface area contributed by atoms with Gasteiger partial charge in [0.05, 0.1) is 12.4 Å². The fourth-order valence-electron chi connectivity index (χ4n) is 2.60. The molecule has 3 rings (SSSR count). The van der Waals surface area contributed by atoms with Gasteiger partial charge in [0.2, 0.25) is 0 Å². The van der Waals surface area contributed by atoms with Crippen molar-refractivity contribution in [3.8, 4) is 6.01 Å². The van der Waals surface area contributed by atoms with E-state index >= 15 is 0 Å². The number of aliphatic carboxylic acids is 1. The number of nitrogens with zero attached hydrogens (tertiary/aromatic N) is 4. The largest absolute Gasteiger partial charge is 0.483 e. The number of fused-ring (bicyclic) bond motifs is 1. The lowest BCUT2D eigenvalue weighted by atomic mass is 10.2. The van der Waals surface area contributed by atoms with E-state index in [-0.39, 0.29) is 36.3 Å². The number of hydrogen-bond acceptors (Lipinski definition) is 9. The van der Waals surface area contributed by atoms with Crippen molar-refractivity contribution < 1.29 is 38.8 Å². The minimum Gasteiger partial charge on any atom is -0.483 e. The van der Waals surface area contributed by atoms with E-state index < -0.39 is 5.97 Å². The molecule has 0 saturated carbocycles. The molecule has 2 N–H and O–H groups in total. The summed E-state index contributed by atoms with van der Waals surface area (Å²) in [6, 6.07) is 9.92. The highest BCUT2D eigenvalue weighted by Crippen LogP contribution is 2.22. The van der Waals surface area contributed by atoms with Crippen LogP contribution in [0.4, 0.5) is 0 Å². The van der Waals surface area contributed by atoms with Crippen molar-refractivity contribution in [3.05, 3.63) is 47.4 Å². The quantitative estimate of drug-likeness (QED) is 0.230. The number of ether oxygens (including phenoxy) is 3. The molecule has 0 aliphatic rings. The summed E-state index contributed by atoms with van der Waals surface area (Å²) in [5, 5.41) is 14.5. The number of carbonyl (C=O) groups excluding carboxylic acids is 1. The number of aromatic nitrogens is 4. The van der Waals surface area contributed by atoms with Crippen LogP contribution in [0, 0.1) is 0 Å². The maximum absolute atomic E-state index is 11.0. The third-order valence-corrected chi connectivity index (χ3v) is 4.37. The van der Waals surface area contributed by atoms with Crippen LogP contribution in [0.25, 0.3) is 11.2 Å². The van der Waals surface area contributed by atoms with E-state index in [1.165, 1.54) is 6.92 Å². The molecule has 204 valence electrons. The zero-order valence-electron chi connectivity index (χ0n) is 21.5. The van der Waals surface area contributed by atoms with Gasteiger partial charge in [-0.2, -0.15) is 9.97 Å².